The molecule has 5 atom stereocenters. The van der Waals surface area contributed by atoms with Crippen molar-refractivity contribution in [2.75, 3.05) is 18.5 Å². The van der Waals surface area contributed by atoms with E-state index >= 15 is 0 Å². The van der Waals surface area contributed by atoms with Gasteiger partial charge in [0.2, 0.25) is 5.91 Å². The fraction of sp³-hybridized carbons (Fsp3) is 0.630. The molecule has 2 aliphatic carbocycles. The van der Waals surface area contributed by atoms with E-state index in [1.807, 2.05) is 37.3 Å². The van der Waals surface area contributed by atoms with Gasteiger partial charge >= 0.3 is 0 Å². The summed E-state index contributed by atoms with van der Waals surface area (Å²) >= 11 is 1.68. The van der Waals surface area contributed by atoms with Crippen LogP contribution < -0.4 is 10.6 Å². The fourth-order valence-corrected chi connectivity index (χ4v) is 7.24. The molecule has 186 valence electrons. The van der Waals surface area contributed by atoms with Gasteiger partial charge in [0, 0.05) is 35.7 Å². The van der Waals surface area contributed by atoms with Crippen LogP contribution in [0.25, 0.3) is 0 Å². The maximum absolute atomic E-state index is 13.2. The summed E-state index contributed by atoms with van der Waals surface area (Å²) < 4.78 is 0. The Kier molecular flexibility index (Phi) is 7.65. The van der Waals surface area contributed by atoms with Gasteiger partial charge in [-0.05, 0) is 42.6 Å². The highest BCUT2D eigenvalue weighted by molar-refractivity contribution is 7.15. The predicted octanol–water partition coefficient (Wildman–Crippen LogP) is 4.48. The Morgan fingerprint density at radius 3 is 2.74 bits per heavy atom. The quantitative estimate of drug-likeness (QED) is 0.393. The van der Waals surface area contributed by atoms with Crippen LogP contribution in [0.1, 0.15) is 74.9 Å². The average molecular weight is 486 g/mol. The van der Waals surface area contributed by atoms with Crippen LogP contribution in [0.15, 0.2) is 30.3 Å². The van der Waals surface area contributed by atoms with Crippen molar-refractivity contribution in [3.05, 3.63) is 46.5 Å². The number of aliphatic hydroxyl groups is 2. The molecule has 0 saturated heterocycles. The summed E-state index contributed by atoms with van der Waals surface area (Å²) in [7, 11) is 0. The van der Waals surface area contributed by atoms with Gasteiger partial charge in [-0.2, -0.15) is 0 Å². The zero-order valence-electron chi connectivity index (χ0n) is 20.6. The standard InChI is InChI=1S/C27H39N3O3S/c1-4-5-13-28-25-30-24-19(14-23(33)29-16-18-9-7-6-8-10-18)26(2)12-11-22(32)27(3,17-31)21(26)15-20(24)34-25/h6-10,19,21-22,31-32H,4-5,11-17H2,1-3H3,(H,28,30)(H,29,33). The van der Waals surface area contributed by atoms with E-state index in [0.717, 1.165) is 48.6 Å². The molecule has 4 N–H and O–H groups in total. The Morgan fingerprint density at radius 1 is 1.26 bits per heavy atom. The van der Waals surface area contributed by atoms with Gasteiger partial charge in [-0.25, -0.2) is 4.98 Å². The third-order valence-corrected chi connectivity index (χ3v) is 9.47. The highest BCUT2D eigenvalue weighted by atomic mass is 32.1. The SMILES string of the molecule is CCCCNc1nc2c(s1)CC1C(C)(CO)C(O)CCC1(C)C2CC(=O)NCc1ccccc1. The second kappa shape index (κ2) is 10.3. The second-order valence-electron chi connectivity index (χ2n) is 10.6. The molecule has 0 radical (unpaired) electrons. The lowest BCUT2D eigenvalue weighted by Gasteiger charge is -2.58. The van der Waals surface area contributed by atoms with Crippen LogP contribution in [0.2, 0.25) is 0 Å². The number of aromatic nitrogens is 1. The number of nitrogens with zero attached hydrogens (tertiary/aromatic N) is 1. The molecule has 2 aromatic rings. The Bertz CT molecular complexity index is 981. The third-order valence-electron chi connectivity index (χ3n) is 8.42. The molecule has 1 fully saturated rings. The van der Waals surface area contributed by atoms with Gasteiger partial charge in [-0.15, -0.1) is 11.3 Å². The largest absolute Gasteiger partial charge is 0.396 e. The number of hydrogen-bond donors (Lipinski definition) is 4. The van der Waals surface area contributed by atoms with E-state index in [-0.39, 0.29) is 29.8 Å². The molecule has 6 nitrogen and oxygen atoms in total. The van der Waals surface area contributed by atoms with Gasteiger partial charge in [-0.1, -0.05) is 57.5 Å². The molecular weight excluding hydrogens is 446 g/mol. The number of benzene rings is 1. The van der Waals surface area contributed by atoms with Crippen molar-refractivity contribution in [2.24, 2.45) is 16.7 Å². The molecule has 1 amide bonds. The van der Waals surface area contributed by atoms with E-state index in [1.54, 1.807) is 11.3 Å². The van der Waals surface area contributed by atoms with Crippen LogP contribution in [0.5, 0.6) is 0 Å². The van der Waals surface area contributed by atoms with Crippen LogP contribution in [-0.2, 0) is 17.8 Å². The predicted molar refractivity (Wildman–Crippen MR) is 137 cm³/mol. The smallest absolute Gasteiger partial charge is 0.220 e. The molecule has 0 aliphatic heterocycles. The Hall–Kier alpha value is -1.96. The van der Waals surface area contributed by atoms with Crippen LogP contribution in [0.3, 0.4) is 0 Å². The number of carbonyl (C=O) groups is 1. The number of unbranched alkanes of at least 4 members (excludes halogenated alkanes) is 1. The molecule has 1 saturated carbocycles. The second-order valence-corrected chi connectivity index (χ2v) is 11.7. The maximum Gasteiger partial charge on any atom is 0.220 e. The number of carbonyl (C=O) groups excluding carboxylic acids is 1. The van der Waals surface area contributed by atoms with Crippen molar-refractivity contribution in [3.8, 4) is 0 Å². The van der Waals surface area contributed by atoms with Crippen molar-refractivity contribution >= 4 is 22.4 Å². The summed E-state index contributed by atoms with van der Waals surface area (Å²) in [5, 5.41) is 28.8. The highest BCUT2D eigenvalue weighted by Gasteiger charge is 2.59. The first-order chi connectivity index (χ1) is 16.3. The zero-order chi connectivity index (χ0) is 24.3. The number of amides is 1. The first-order valence-corrected chi connectivity index (χ1v) is 13.5. The number of thiazole rings is 1. The molecule has 1 heterocycles. The van der Waals surface area contributed by atoms with Crippen molar-refractivity contribution in [1.82, 2.24) is 10.3 Å². The molecule has 0 bridgehead atoms. The minimum Gasteiger partial charge on any atom is -0.396 e. The van der Waals surface area contributed by atoms with Crippen molar-refractivity contribution < 1.29 is 15.0 Å². The van der Waals surface area contributed by atoms with Gasteiger partial charge in [0.05, 0.1) is 18.4 Å². The lowest BCUT2D eigenvalue weighted by molar-refractivity contribution is -0.144. The normalized spacial score (nSPS) is 30.3. The molecule has 34 heavy (non-hydrogen) atoms. The van der Waals surface area contributed by atoms with E-state index in [2.05, 4.69) is 24.5 Å². The van der Waals surface area contributed by atoms with E-state index in [0.29, 0.717) is 19.4 Å². The summed E-state index contributed by atoms with van der Waals surface area (Å²) in [6, 6.07) is 9.96. The zero-order valence-corrected chi connectivity index (χ0v) is 21.5. The lowest BCUT2D eigenvalue weighted by Crippen LogP contribution is -2.57. The van der Waals surface area contributed by atoms with Crippen molar-refractivity contribution in [1.29, 1.82) is 0 Å². The average Bonchev–Trinajstić information content (AvgIpc) is 3.25. The minimum absolute atomic E-state index is 0.0204. The number of fused-ring (bicyclic) bond motifs is 2. The van der Waals surface area contributed by atoms with Crippen LogP contribution in [-0.4, -0.2) is 40.4 Å². The van der Waals surface area contributed by atoms with E-state index in [1.165, 1.54) is 4.88 Å². The summed E-state index contributed by atoms with van der Waals surface area (Å²) in [5.74, 6) is 0.0532. The van der Waals surface area contributed by atoms with Gasteiger partial charge in [0.25, 0.3) is 0 Å². The Morgan fingerprint density at radius 2 is 2.03 bits per heavy atom. The first-order valence-electron chi connectivity index (χ1n) is 12.6. The summed E-state index contributed by atoms with van der Waals surface area (Å²) in [6.45, 7) is 7.77. The molecular formula is C27H39N3O3S. The maximum atomic E-state index is 13.2. The number of nitrogens with one attached hydrogen (secondary N) is 2. The van der Waals surface area contributed by atoms with Crippen LogP contribution in [0, 0.1) is 16.7 Å². The molecule has 1 aromatic heterocycles. The summed E-state index contributed by atoms with van der Waals surface area (Å²) in [6.07, 6.45) is 4.27. The van der Waals surface area contributed by atoms with Gasteiger partial charge in [0.15, 0.2) is 5.13 Å². The topological polar surface area (TPSA) is 94.5 Å². The number of anilines is 1. The van der Waals surface area contributed by atoms with Crippen LogP contribution >= 0.6 is 11.3 Å². The van der Waals surface area contributed by atoms with Gasteiger partial charge in [-0.3, -0.25) is 4.79 Å². The number of rotatable bonds is 9. The summed E-state index contributed by atoms with van der Waals surface area (Å²) in [4.78, 5) is 19.4. The van der Waals surface area contributed by atoms with Crippen LogP contribution in [0.4, 0.5) is 5.13 Å². The molecule has 4 rings (SSSR count). The van der Waals surface area contributed by atoms with Crippen molar-refractivity contribution in [2.45, 2.75) is 77.9 Å². The van der Waals surface area contributed by atoms with Crippen molar-refractivity contribution in [3.63, 3.8) is 0 Å². The fourth-order valence-electron chi connectivity index (χ4n) is 6.15. The highest BCUT2D eigenvalue weighted by Crippen LogP contribution is 2.62. The van der Waals surface area contributed by atoms with Gasteiger partial charge < -0.3 is 20.8 Å². The van der Waals surface area contributed by atoms with E-state index in [4.69, 9.17) is 4.98 Å². The van der Waals surface area contributed by atoms with E-state index < -0.39 is 11.5 Å². The molecule has 2 aliphatic rings. The Labute approximate surface area is 207 Å². The minimum atomic E-state index is -0.594. The monoisotopic (exact) mass is 485 g/mol. The van der Waals surface area contributed by atoms with E-state index in [9.17, 15) is 15.0 Å². The third kappa shape index (κ3) is 4.75. The number of aliphatic hydroxyl groups excluding tert-OH is 2. The molecule has 5 unspecified atom stereocenters. The van der Waals surface area contributed by atoms with Gasteiger partial charge in [0.1, 0.15) is 0 Å². The molecule has 1 aromatic carbocycles. The molecule has 0 spiro atoms. The molecule has 7 heteroatoms. The Balaban J connectivity index is 1.62. The first kappa shape index (κ1) is 25.1. The lowest BCUT2D eigenvalue weighted by atomic mass is 9.47. The summed E-state index contributed by atoms with van der Waals surface area (Å²) in [5.41, 5.74) is 1.30. The number of hydrogen-bond acceptors (Lipinski definition) is 6.